The van der Waals surface area contributed by atoms with Crippen molar-refractivity contribution in [3.05, 3.63) is 88.6 Å². The number of hydrogen-bond donors (Lipinski definition) is 0. The van der Waals surface area contributed by atoms with Gasteiger partial charge in [0.2, 0.25) is 0 Å². The van der Waals surface area contributed by atoms with Gasteiger partial charge in [-0.3, -0.25) is 9.88 Å². The van der Waals surface area contributed by atoms with Crippen LogP contribution in [0.5, 0.6) is 0 Å². The minimum atomic E-state index is 0.744. The molecule has 3 nitrogen and oxygen atoms in total. The Labute approximate surface area is 194 Å². The number of fused-ring (bicyclic) bond motifs is 1. The predicted molar refractivity (Wildman–Crippen MR) is 133 cm³/mol. The lowest BCUT2D eigenvalue weighted by Gasteiger charge is -2.26. The molecule has 32 heavy (non-hydrogen) atoms. The molecule has 0 bridgehead atoms. The second-order valence-corrected chi connectivity index (χ2v) is 8.98. The van der Waals surface area contributed by atoms with Gasteiger partial charge in [0, 0.05) is 36.2 Å². The number of aryl methyl sites for hydroxylation is 2. The second kappa shape index (κ2) is 9.03. The lowest BCUT2D eigenvalue weighted by atomic mass is 9.89. The minimum absolute atomic E-state index is 0.744. The Kier molecular flexibility index (Phi) is 5.97. The van der Waals surface area contributed by atoms with Gasteiger partial charge < -0.3 is 4.74 Å². The van der Waals surface area contributed by atoms with Crippen LogP contribution in [0.2, 0.25) is 5.02 Å². The van der Waals surface area contributed by atoms with Crippen molar-refractivity contribution in [3.63, 3.8) is 0 Å². The number of aromatic nitrogens is 1. The highest BCUT2D eigenvalue weighted by Crippen LogP contribution is 2.38. The summed E-state index contributed by atoms with van der Waals surface area (Å²) in [6, 6.07) is 21.4. The molecule has 0 atom stereocenters. The summed E-state index contributed by atoms with van der Waals surface area (Å²) in [4.78, 5) is 7.13. The molecule has 0 unspecified atom stereocenters. The first kappa shape index (κ1) is 21.1. The number of benzene rings is 3. The van der Waals surface area contributed by atoms with Gasteiger partial charge in [-0.05, 0) is 77.1 Å². The van der Waals surface area contributed by atoms with Gasteiger partial charge in [0.05, 0.1) is 18.7 Å². The molecule has 162 valence electrons. The molecule has 4 aromatic rings. The van der Waals surface area contributed by atoms with Crippen molar-refractivity contribution in [2.45, 2.75) is 20.4 Å². The van der Waals surface area contributed by atoms with Gasteiger partial charge in [-0.2, -0.15) is 0 Å². The lowest BCUT2D eigenvalue weighted by molar-refractivity contribution is 0.0342. The van der Waals surface area contributed by atoms with Crippen molar-refractivity contribution < 1.29 is 4.74 Å². The summed E-state index contributed by atoms with van der Waals surface area (Å²) in [5, 5.41) is 1.93. The predicted octanol–water partition coefficient (Wildman–Crippen LogP) is 6.67. The molecule has 0 N–H and O–H groups in total. The molecule has 0 amide bonds. The van der Waals surface area contributed by atoms with Crippen molar-refractivity contribution in [1.82, 2.24) is 9.88 Å². The number of hydrogen-bond acceptors (Lipinski definition) is 3. The summed E-state index contributed by atoms with van der Waals surface area (Å²) in [6.07, 6.45) is 1.89. The topological polar surface area (TPSA) is 25.4 Å². The van der Waals surface area contributed by atoms with Gasteiger partial charge in [0.25, 0.3) is 0 Å². The third kappa shape index (κ3) is 4.16. The Morgan fingerprint density at radius 3 is 2.47 bits per heavy atom. The molecule has 0 radical (unpaired) electrons. The van der Waals surface area contributed by atoms with E-state index in [9.17, 15) is 0 Å². The molecular formula is C28H27ClN2O. The SMILES string of the molecule is Cc1cc2nccc(-c3cccc(Cl)c3)c2c(C)c1-c1ccc(CN2CCOCC2)cc1. The third-order valence-corrected chi connectivity index (χ3v) is 6.60. The van der Waals surface area contributed by atoms with E-state index in [0.717, 1.165) is 49.0 Å². The molecule has 0 spiro atoms. The highest BCUT2D eigenvalue weighted by molar-refractivity contribution is 6.30. The standard InChI is InChI=1S/C28H27ClN2O/c1-19-16-26-28(25(10-11-30-26)23-4-3-5-24(29)17-23)20(2)27(19)22-8-6-21(7-9-22)18-31-12-14-32-15-13-31/h3-11,16-17H,12-15,18H2,1-2H3. The highest BCUT2D eigenvalue weighted by atomic mass is 35.5. The zero-order valence-corrected chi connectivity index (χ0v) is 19.3. The van der Waals surface area contributed by atoms with Crippen LogP contribution in [0.3, 0.4) is 0 Å². The van der Waals surface area contributed by atoms with Gasteiger partial charge in [-0.25, -0.2) is 0 Å². The van der Waals surface area contributed by atoms with Gasteiger partial charge in [-0.1, -0.05) is 48.0 Å². The summed E-state index contributed by atoms with van der Waals surface area (Å²) < 4.78 is 5.47. The number of nitrogens with zero attached hydrogens (tertiary/aromatic N) is 2. The fraction of sp³-hybridized carbons (Fsp3) is 0.250. The van der Waals surface area contributed by atoms with E-state index in [1.807, 2.05) is 24.4 Å². The molecule has 5 rings (SSSR count). The maximum absolute atomic E-state index is 6.30. The van der Waals surface area contributed by atoms with Crippen LogP contribution in [-0.2, 0) is 11.3 Å². The van der Waals surface area contributed by atoms with Crippen LogP contribution in [0.15, 0.2) is 66.9 Å². The Morgan fingerprint density at radius 2 is 1.72 bits per heavy atom. The molecule has 1 fully saturated rings. The smallest absolute Gasteiger partial charge is 0.0713 e. The zero-order chi connectivity index (χ0) is 22.1. The largest absolute Gasteiger partial charge is 0.379 e. The summed E-state index contributed by atoms with van der Waals surface area (Å²) in [5.41, 5.74) is 9.66. The Morgan fingerprint density at radius 1 is 0.938 bits per heavy atom. The van der Waals surface area contributed by atoms with Crippen molar-refractivity contribution in [2.24, 2.45) is 0 Å². The molecule has 0 saturated carbocycles. The molecule has 1 aliphatic rings. The fourth-order valence-electron chi connectivity index (χ4n) is 4.81. The van der Waals surface area contributed by atoms with Crippen molar-refractivity contribution in [2.75, 3.05) is 26.3 Å². The van der Waals surface area contributed by atoms with Crippen molar-refractivity contribution in [1.29, 1.82) is 0 Å². The van der Waals surface area contributed by atoms with E-state index in [2.05, 4.69) is 66.2 Å². The van der Waals surface area contributed by atoms with Gasteiger partial charge in [-0.15, -0.1) is 0 Å². The molecule has 3 aromatic carbocycles. The van der Waals surface area contributed by atoms with Crippen LogP contribution >= 0.6 is 11.6 Å². The molecular weight excluding hydrogens is 416 g/mol. The Balaban J connectivity index is 1.56. The summed E-state index contributed by atoms with van der Waals surface area (Å²) in [7, 11) is 0. The van der Waals surface area contributed by atoms with Gasteiger partial charge in [0.1, 0.15) is 0 Å². The maximum Gasteiger partial charge on any atom is 0.0713 e. The molecule has 2 heterocycles. The molecule has 1 saturated heterocycles. The van der Waals surface area contributed by atoms with Crippen molar-refractivity contribution in [3.8, 4) is 22.3 Å². The van der Waals surface area contributed by atoms with Gasteiger partial charge >= 0.3 is 0 Å². The average Bonchev–Trinajstić information content (AvgIpc) is 2.80. The number of morpholine rings is 1. The quantitative estimate of drug-likeness (QED) is 0.353. The average molecular weight is 443 g/mol. The zero-order valence-electron chi connectivity index (χ0n) is 18.6. The van der Waals surface area contributed by atoms with Crippen LogP contribution in [0.4, 0.5) is 0 Å². The Hall–Kier alpha value is -2.72. The van der Waals surface area contributed by atoms with E-state index in [4.69, 9.17) is 16.3 Å². The van der Waals surface area contributed by atoms with E-state index < -0.39 is 0 Å². The molecule has 1 aliphatic heterocycles. The highest BCUT2D eigenvalue weighted by Gasteiger charge is 2.15. The minimum Gasteiger partial charge on any atom is -0.379 e. The summed E-state index contributed by atoms with van der Waals surface area (Å²) >= 11 is 6.30. The number of pyridine rings is 1. The van der Waals surface area contributed by atoms with E-state index in [-0.39, 0.29) is 0 Å². The van der Waals surface area contributed by atoms with Crippen LogP contribution in [0.1, 0.15) is 16.7 Å². The monoisotopic (exact) mass is 442 g/mol. The summed E-state index contributed by atoms with van der Waals surface area (Å²) in [6.45, 7) is 9.03. The second-order valence-electron chi connectivity index (χ2n) is 8.54. The normalized spacial score (nSPS) is 14.7. The number of ether oxygens (including phenoxy) is 1. The fourth-order valence-corrected chi connectivity index (χ4v) is 5.00. The summed E-state index contributed by atoms with van der Waals surface area (Å²) in [5.74, 6) is 0. The van der Waals surface area contributed by atoms with E-state index in [1.54, 1.807) is 0 Å². The van der Waals surface area contributed by atoms with Crippen molar-refractivity contribution >= 4 is 22.5 Å². The van der Waals surface area contributed by atoms with Gasteiger partial charge in [0.15, 0.2) is 0 Å². The third-order valence-electron chi connectivity index (χ3n) is 6.37. The molecule has 0 aliphatic carbocycles. The van der Waals surface area contributed by atoms with E-state index in [0.29, 0.717) is 0 Å². The number of rotatable bonds is 4. The first-order valence-corrected chi connectivity index (χ1v) is 11.5. The first-order chi connectivity index (χ1) is 15.6. The maximum atomic E-state index is 6.30. The van der Waals surface area contributed by atoms with E-state index in [1.165, 1.54) is 38.8 Å². The first-order valence-electron chi connectivity index (χ1n) is 11.1. The molecule has 1 aromatic heterocycles. The van der Waals surface area contributed by atoms with Crippen LogP contribution < -0.4 is 0 Å². The van der Waals surface area contributed by atoms with Crippen LogP contribution in [0, 0.1) is 13.8 Å². The van der Waals surface area contributed by atoms with E-state index >= 15 is 0 Å². The van der Waals surface area contributed by atoms with Crippen LogP contribution in [-0.4, -0.2) is 36.2 Å². The van der Waals surface area contributed by atoms with Crippen LogP contribution in [0.25, 0.3) is 33.2 Å². The Bertz CT molecular complexity index is 1260. The lowest BCUT2D eigenvalue weighted by Crippen LogP contribution is -2.35. The number of halogens is 1. The molecule has 4 heteroatoms.